The number of furan rings is 1. The number of nitrogens with one attached hydrogen (secondary N) is 1. The zero-order chi connectivity index (χ0) is 12.3. The lowest BCUT2D eigenvalue weighted by Gasteiger charge is -2.07. The fraction of sp³-hybridized carbons (Fsp3) is 0.231. The molecule has 0 spiro atoms. The van der Waals surface area contributed by atoms with Crippen LogP contribution in [-0.2, 0) is 0 Å². The van der Waals surface area contributed by atoms with Crippen molar-refractivity contribution in [2.24, 2.45) is 0 Å². The molecule has 17 heavy (non-hydrogen) atoms. The van der Waals surface area contributed by atoms with Crippen molar-refractivity contribution in [1.82, 2.24) is 5.32 Å². The molecule has 0 fully saturated rings. The third-order valence-corrected chi connectivity index (χ3v) is 2.42. The molecule has 1 amide bonds. The Balaban J connectivity index is 2.17. The number of amides is 1. The Kier molecular flexibility index (Phi) is 3.10. The Hall–Kier alpha value is -2.28. The highest BCUT2D eigenvalue weighted by atomic mass is 16.3. The van der Waals surface area contributed by atoms with Crippen molar-refractivity contribution in [3.05, 3.63) is 36.1 Å². The number of fused-ring (bicyclic) bond motifs is 1. The summed E-state index contributed by atoms with van der Waals surface area (Å²) in [7, 11) is 0. The molecule has 1 heterocycles. The first kappa shape index (κ1) is 11.2. The van der Waals surface area contributed by atoms with Crippen LogP contribution in [0.5, 0.6) is 0 Å². The molecule has 0 saturated carbocycles. The fourth-order valence-corrected chi connectivity index (χ4v) is 1.58. The monoisotopic (exact) mass is 228 g/mol. The minimum absolute atomic E-state index is 0.180. The molecule has 0 aliphatic carbocycles. The Bertz CT molecular complexity index is 547. The van der Waals surface area contributed by atoms with Gasteiger partial charge in [0, 0.05) is 11.4 Å². The Morgan fingerprint density at radius 3 is 3.00 bits per heavy atom. The van der Waals surface area contributed by atoms with Gasteiger partial charge in [0.05, 0.1) is 12.5 Å². The van der Waals surface area contributed by atoms with Crippen LogP contribution in [-0.4, -0.2) is 11.9 Å². The van der Waals surface area contributed by atoms with Crippen LogP contribution in [0.2, 0.25) is 0 Å². The first-order valence-corrected chi connectivity index (χ1v) is 5.37. The lowest BCUT2D eigenvalue weighted by molar-refractivity contribution is 0.0915. The zero-order valence-electron chi connectivity index (χ0n) is 9.43. The van der Waals surface area contributed by atoms with Crippen LogP contribution in [0.1, 0.15) is 23.9 Å². The predicted octanol–water partition coefficient (Wildman–Crippen LogP) is 2.46. The van der Waals surface area contributed by atoms with Crippen molar-refractivity contribution in [1.29, 1.82) is 5.26 Å². The fourth-order valence-electron chi connectivity index (χ4n) is 1.58. The molecule has 2 aromatic rings. The molecule has 0 aliphatic heterocycles. The highest BCUT2D eigenvalue weighted by Crippen LogP contribution is 2.18. The summed E-state index contributed by atoms with van der Waals surface area (Å²) in [6.07, 6.45) is 0.284. The summed E-state index contributed by atoms with van der Waals surface area (Å²) in [6, 6.07) is 11.0. The largest absolute Gasteiger partial charge is 0.451 e. The summed E-state index contributed by atoms with van der Waals surface area (Å²) in [5.41, 5.74) is 0.686. The van der Waals surface area contributed by atoms with E-state index < -0.39 is 0 Å². The Morgan fingerprint density at radius 1 is 1.53 bits per heavy atom. The Labute approximate surface area is 98.8 Å². The van der Waals surface area contributed by atoms with E-state index in [0.29, 0.717) is 5.58 Å². The van der Waals surface area contributed by atoms with Crippen LogP contribution in [0.25, 0.3) is 11.0 Å². The van der Waals surface area contributed by atoms with Crippen molar-refractivity contribution in [3.8, 4) is 6.07 Å². The van der Waals surface area contributed by atoms with Crippen LogP contribution in [0.15, 0.2) is 34.7 Å². The number of carbonyl (C=O) groups excluding carboxylic acids is 1. The van der Waals surface area contributed by atoms with Crippen molar-refractivity contribution in [2.45, 2.75) is 19.4 Å². The van der Waals surface area contributed by atoms with Gasteiger partial charge in [-0.25, -0.2) is 0 Å². The number of hydrogen-bond acceptors (Lipinski definition) is 3. The van der Waals surface area contributed by atoms with Gasteiger partial charge < -0.3 is 9.73 Å². The lowest BCUT2D eigenvalue weighted by atomic mass is 10.2. The summed E-state index contributed by atoms with van der Waals surface area (Å²) in [5.74, 6) is -0.0139. The summed E-state index contributed by atoms with van der Waals surface area (Å²) in [4.78, 5) is 11.8. The van der Waals surface area contributed by atoms with E-state index in [1.807, 2.05) is 30.3 Å². The first-order chi connectivity index (χ1) is 8.20. The lowest BCUT2D eigenvalue weighted by Crippen LogP contribution is -2.31. The number of benzene rings is 1. The minimum atomic E-state index is -0.288. The van der Waals surface area contributed by atoms with E-state index in [1.54, 1.807) is 13.0 Å². The van der Waals surface area contributed by atoms with E-state index in [9.17, 15) is 4.79 Å². The smallest absolute Gasteiger partial charge is 0.287 e. The van der Waals surface area contributed by atoms with Gasteiger partial charge in [0.1, 0.15) is 5.58 Å². The molecular weight excluding hydrogens is 216 g/mol. The number of nitrogens with zero attached hydrogens (tertiary/aromatic N) is 1. The number of hydrogen-bond donors (Lipinski definition) is 1. The number of carbonyl (C=O) groups is 1. The molecule has 2 rings (SSSR count). The summed E-state index contributed by atoms with van der Waals surface area (Å²) < 4.78 is 5.41. The Morgan fingerprint density at radius 2 is 2.29 bits per heavy atom. The normalized spacial score (nSPS) is 12.0. The van der Waals surface area contributed by atoms with Crippen molar-refractivity contribution >= 4 is 16.9 Å². The van der Waals surface area contributed by atoms with Crippen LogP contribution in [0, 0.1) is 11.3 Å². The predicted molar refractivity (Wildman–Crippen MR) is 63.4 cm³/mol. The molecule has 1 aromatic heterocycles. The molecule has 0 bridgehead atoms. The molecule has 86 valence electrons. The maximum absolute atomic E-state index is 11.8. The van der Waals surface area contributed by atoms with E-state index in [0.717, 1.165) is 5.39 Å². The second-order valence-electron chi connectivity index (χ2n) is 3.89. The molecule has 4 nitrogen and oxygen atoms in total. The van der Waals surface area contributed by atoms with Crippen molar-refractivity contribution in [3.63, 3.8) is 0 Å². The number of rotatable bonds is 3. The standard InChI is InChI=1S/C13H12N2O2/c1-9(6-7-14)15-13(16)12-8-10-4-2-3-5-11(10)17-12/h2-5,8-9H,6H2,1H3,(H,15,16). The van der Waals surface area contributed by atoms with Crippen LogP contribution in [0.3, 0.4) is 0 Å². The van der Waals surface area contributed by atoms with Gasteiger partial charge in [-0.2, -0.15) is 5.26 Å². The van der Waals surface area contributed by atoms with Crippen LogP contribution < -0.4 is 5.32 Å². The van der Waals surface area contributed by atoms with E-state index in [1.165, 1.54) is 0 Å². The van der Waals surface area contributed by atoms with Gasteiger partial charge in [-0.1, -0.05) is 18.2 Å². The van der Waals surface area contributed by atoms with Crippen LogP contribution in [0.4, 0.5) is 0 Å². The van der Waals surface area contributed by atoms with Crippen molar-refractivity contribution in [2.75, 3.05) is 0 Å². The van der Waals surface area contributed by atoms with Crippen molar-refractivity contribution < 1.29 is 9.21 Å². The third kappa shape index (κ3) is 2.45. The van der Waals surface area contributed by atoms with E-state index in [4.69, 9.17) is 9.68 Å². The summed E-state index contributed by atoms with van der Waals surface area (Å²) in [5, 5.41) is 12.1. The second-order valence-corrected chi connectivity index (χ2v) is 3.89. The van der Waals surface area contributed by atoms with E-state index >= 15 is 0 Å². The molecule has 0 radical (unpaired) electrons. The molecule has 1 atom stereocenters. The van der Waals surface area contributed by atoms with Gasteiger partial charge >= 0.3 is 0 Å². The zero-order valence-corrected chi connectivity index (χ0v) is 9.43. The molecule has 1 unspecified atom stereocenters. The maximum Gasteiger partial charge on any atom is 0.287 e. The van der Waals surface area contributed by atoms with E-state index in [2.05, 4.69) is 5.32 Å². The van der Waals surface area contributed by atoms with Gasteiger partial charge in [-0.3, -0.25) is 4.79 Å². The van der Waals surface area contributed by atoms with Crippen LogP contribution >= 0.6 is 0 Å². The molecule has 4 heteroatoms. The molecule has 1 N–H and O–H groups in total. The third-order valence-electron chi connectivity index (χ3n) is 2.42. The summed E-state index contributed by atoms with van der Waals surface area (Å²) in [6.45, 7) is 1.78. The SMILES string of the molecule is CC(CC#N)NC(=O)c1cc2ccccc2o1. The summed E-state index contributed by atoms with van der Waals surface area (Å²) >= 11 is 0. The van der Waals surface area contributed by atoms with Gasteiger partial charge in [-0.05, 0) is 19.1 Å². The minimum Gasteiger partial charge on any atom is -0.451 e. The quantitative estimate of drug-likeness (QED) is 0.877. The average Bonchev–Trinajstić information content (AvgIpc) is 2.72. The highest BCUT2D eigenvalue weighted by molar-refractivity contribution is 5.96. The van der Waals surface area contributed by atoms with Gasteiger partial charge in [0.2, 0.25) is 0 Å². The first-order valence-electron chi connectivity index (χ1n) is 5.37. The van der Waals surface area contributed by atoms with Gasteiger partial charge in [0.25, 0.3) is 5.91 Å². The highest BCUT2D eigenvalue weighted by Gasteiger charge is 2.14. The number of nitriles is 1. The average molecular weight is 228 g/mol. The maximum atomic E-state index is 11.8. The van der Waals surface area contributed by atoms with Gasteiger partial charge in [0.15, 0.2) is 5.76 Å². The second kappa shape index (κ2) is 4.71. The number of para-hydroxylation sites is 1. The molecule has 0 aliphatic rings. The topological polar surface area (TPSA) is 66.0 Å². The molecular formula is C13H12N2O2. The molecule has 0 saturated heterocycles. The molecule has 1 aromatic carbocycles. The van der Waals surface area contributed by atoms with Gasteiger partial charge in [-0.15, -0.1) is 0 Å². The van der Waals surface area contributed by atoms with E-state index in [-0.39, 0.29) is 24.1 Å².